The monoisotopic (exact) mass is 591 g/mol. The standard InChI is InChI=1S/C28H31Cl2N3O5S/c1-5-24(28(35)31-3)32(17-20-8-6-9-21(16-20)38-4)26(34)18-33(25-11-7-10-23(29)27(25)30)39(36,37)22-14-12-19(2)13-15-22/h6-16,24H,5,17-18H2,1-4H3,(H,31,35). The summed E-state index contributed by atoms with van der Waals surface area (Å²) in [4.78, 5) is 28.1. The SMILES string of the molecule is CCC(C(=O)NC)N(Cc1cccc(OC)c1)C(=O)CN(c1cccc(Cl)c1Cl)S(=O)(=O)c1ccc(C)cc1. The first-order valence-corrected chi connectivity index (χ1v) is 14.4. The zero-order chi connectivity index (χ0) is 28.7. The number of nitrogens with zero attached hydrogens (tertiary/aromatic N) is 2. The van der Waals surface area contributed by atoms with Crippen molar-refractivity contribution in [3.05, 3.63) is 87.9 Å². The van der Waals surface area contributed by atoms with E-state index >= 15 is 0 Å². The third-order valence-electron chi connectivity index (χ3n) is 6.21. The molecule has 0 aliphatic carbocycles. The highest BCUT2D eigenvalue weighted by Crippen LogP contribution is 2.35. The number of sulfonamides is 1. The summed E-state index contributed by atoms with van der Waals surface area (Å²) < 4.78 is 34.0. The van der Waals surface area contributed by atoms with Crippen LogP contribution in [-0.2, 0) is 26.2 Å². The molecular weight excluding hydrogens is 561 g/mol. The van der Waals surface area contributed by atoms with Crippen LogP contribution in [0.2, 0.25) is 10.0 Å². The molecule has 208 valence electrons. The molecule has 0 aromatic heterocycles. The zero-order valence-electron chi connectivity index (χ0n) is 22.1. The number of benzene rings is 3. The van der Waals surface area contributed by atoms with Crippen LogP contribution in [0.5, 0.6) is 5.75 Å². The Balaban J connectivity index is 2.11. The van der Waals surface area contributed by atoms with Crippen molar-refractivity contribution in [2.24, 2.45) is 0 Å². The number of methoxy groups -OCH3 is 1. The molecule has 0 fully saturated rings. The number of rotatable bonds is 11. The Hall–Kier alpha value is -3.27. The molecule has 3 rings (SSSR count). The molecular formula is C28H31Cl2N3O5S. The van der Waals surface area contributed by atoms with E-state index in [0.29, 0.717) is 17.7 Å². The minimum absolute atomic E-state index is 0.0136. The van der Waals surface area contributed by atoms with Crippen molar-refractivity contribution in [2.45, 2.75) is 37.8 Å². The molecule has 0 saturated carbocycles. The van der Waals surface area contributed by atoms with Crippen molar-refractivity contribution in [3.63, 3.8) is 0 Å². The normalized spacial score (nSPS) is 11.9. The van der Waals surface area contributed by atoms with Gasteiger partial charge in [-0.05, 0) is 55.3 Å². The maximum absolute atomic E-state index is 14.0. The summed E-state index contributed by atoms with van der Waals surface area (Å²) >= 11 is 12.7. The molecule has 0 bridgehead atoms. The van der Waals surface area contributed by atoms with Crippen molar-refractivity contribution in [1.29, 1.82) is 0 Å². The van der Waals surface area contributed by atoms with Gasteiger partial charge in [0.05, 0.1) is 27.7 Å². The molecule has 3 aromatic rings. The Labute approximate surface area is 239 Å². The Morgan fingerprint density at radius 1 is 1.03 bits per heavy atom. The van der Waals surface area contributed by atoms with E-state index in [4.69, 9.17) is 27.9 Å². The molecule has 0 aliphatic rings. The van der Waals surface area contributed by atoms with Crippen LogP contribution in [0.1, 0.15) is 24.5 Å². The lowest BCUT2D eigenvalue weighted by molar-refractivity contribution is -0.140. The summed E-state index contributed by atoms with van der Waals surface area (Å²) in [6, 6.07) is 17.1. The van der Waals surface area contributed by atoms with Gasteiger partial charge >= 0.3 is 0 Å². The van der Waals surface area contributed by atoms with Gasteiger partial charge in [0.25, 0.3) is 10.0 Å². The van der Waals surface area contributed by atoms with Crippen molar-refractivity contribution in [2.75, 3.05) is 25.0 Å². The van der Waals surface area contributed by atoms with E-state index in [9.17, 15) is 18.0 Å². The van der Waals surface area contributed by atoms with Gasteiger partial charge in [-0.15, -0.1) is 0 Å². The molecule has 1 atom stereocenters. The van der Waals surface area contributed by atoms with Crippen molar-refractivity contribution >= 4 is 50.7 Å². The van der Waals surface area contributed by atoms with Crippen LogP contribution < -0.4 is 14.4 Å². The Bertz CT molecular complexity index is 1430. The molecule has 0 radical (unpaired) electrons. The van der Waals surface area contributed by atoms with E-state index in [1.807, 2.05) is 6.92 Å². The summed E-state index contributed by atoms with van der Waals surface area (Å²) in [7, 11) is -1.24. The number of likely N-dealkylation sites (N-methyl/N-ethyl adjacent to an activating group) is 1. The number of carbonyl (C=O) groups excluding carboxylic acids is 2. The first-order chi connectivity index (χ1) is 18.5. The number of ether oxygens (including phenoxy) is 1. The Morgan fingerprint density at radius 3 is 2.31 bits per heavy atom. The number of halogens is 2. The molecule has 11 heteroatoms. The molecule has 0 heterocycles. The lowest BCUT2D eigenvalue weighted by atomic mass is 10.1. The number of hydrogen-bond acceptors (Lipinski definition) is 5. The maximum atomic E-state index is 14.0. The van der Waals surface area contributed by atoms with Crippen LogP contribution in [0.15, 0.2) is 71.6 Å². The number of carbonyl (C=O) groups is 2. The largest absolute Gasteiger partial charge is 0.497 e. The van der Waals surface area contributed by atoms with E-state index in [1.54, 1.807) is 49.4 Å². The highest BCUT2D eigenvalue weighted by Gasteiger charge is 2.34. The highest BCUT2D eigenvalue weighted by molar-refractivity contribution is 7.92. The molecule has 2 amide bonds. The van der Waals surface area contributed by atoms with Crippen LogP contribution >= 0.6 is 23.2 Å². The number of aryl methyl sites for hydroxylation is 1. The minimum Gasteiger partial charge on any atom is -0.497 e. The maximum Gasteiger partial charge on any atom is 0.264 e. The molecule has 3 aromatic carbocycles. The van der Waals surface area contributed by atoms with Crippen LogP contribution in [0.4, 0.5) is 5.69 Å². The number of nitrogens with one attached hydrogen (secondary N) is 1. The molecule has 0 spiro atoms. The molecule has 8 nitrogen and oxygen atoms in total. The van der Waals surface area contributed by atoms with Crippen molar-refractivity contribution in [1.82, 2.24) is 10.2 Å². The average molecular weight is 593 g/mol. The third-order valence-corrected chi connectivity index (χ3v) is 8.79. The van der Waals surface area contributed by atoms with Gasteiger partial charge in [-0.25, -0.2) is 8.42 Å². The molecule has 0 aliphatic heterocycles. The molecule has 1 N–H and O–H groups in total. The van der Waals surface area contributed by atoms with E-state index in [1.165, 1.54) is 43.3 Å². The fourth-order valence-corrected chi connectivity index (χ4v) is 5.96. The number of anilines is 1. The van der Waals surface area contributed by atoms with E-state index in [0.717, 1.165) is 9.87 Å². The topological polar surface area (TPSA) is 96.0 Å². The Kier molecular flexibility index (Phi) is 10.2. The fraction of sp³-hybridized carbons (Fsp3) is 0.286. The van der Waals surface area contributed by atoms with Crippen LogP contribution in [-0.4, -0.2) is 51.9 Å². The van der Waals surface area contributed by atoms with Gasteiger partial charge in [0.1, 0.15) is 18.3 Å². The second-order valence-corrected chi connectivity index (χ2v) is 11.5. The van der Waals surface area contributed by atoms with E-state index in [-0.39, 0.29) is 33.1 Å². The van der Waals surface area contributed by atoms with Gasteiger partial charge in [0.2, 0.25) is 11.8 Å². The second kappa shape index (κ2) is 13.2. The van der Waals surface area contributed by atoms with Crippen LogP contribution in [0.3, 0.4) is 0 Å². The second-order valence-electron chi connectivity index (χ2n) is 8.81. The predicted molar refractivity (Wildman–Crippen MR) is 154 cm³/mol. The fourth-order valence-electron chi connectivity index (χ4n) is 4.09. The molecule has 1 unspecified atom stereocenters. The number of amides is 2. The third kappa shape index (κ3) is 7.03. The number of hydrogen-bond donors (Lipinski definition) is 1. The molecule has 0 saturated heterocycles. The zero-order valence-corrected chi connectivity index (χ0v) is 24.5. The van der Waals surface area contributed by atoms with Crippen molar-refractivity contribution in [3.8, 4) is 5.75 Å². The van der Waals surface area contributed by atoms with Gasteiger partial charge < -0.3 is 15.0 Å². The summed E-state index contributed by atoms with van der Waals surface area (Å²) in [5.74, 6) is -0.385. The van der Waals surface area contributed by atoms with Gasteiger partial charge in [0.15, 0.2) is 0 Å². The quantitative estimate of drug-likeness (QED) is 0.336. The van der Waals surface area contributed by atoms with Gasteiger partial charge in [-0.3, -0.25) is 13.9 Å². The van der Waals surface area contributed by atoms with Crippen LogP contribution in [0.25, 0.3) is 0 Å². The smallest absolute Gasteiger partial charge is 0.264 e. The van der Waals surface area contributed by atoms with Gasteiger partial charge in [-0.1, -0.05) is 66.0 Å². The first kappa shape index (κ1) is 30.3. The molecule has 39 heavy (non-hydrogen) atoms. The summed E-state index contributed by atoms with van der Waals surface area (Å²) in [5, 5.41) is 2.72. The van der Waals surface area contributed by atoms with Gasteiger partial charge in [0, 0.05) is 13.6 Å². The van der Waals surface area contributed by atoms with Crippen LogP contribution in [0, 0.1) is 6.92 Å². The summed E-state index contributed by atoms with van der Waals surface area (Å²) in [6.45, 7) is 3.05. The Morgan fingerprint density at radius 2 is 1.69 bits per heavy atom. The lowest BCUT2D eigenvalue weighted by Crippen LogP contribution is -2.51. The lowest BCUT2D eigenvalue weighted by Gasteiger charge is -2.33. The van der Waals surface area contributed by atoms with E-state index in [2.05, 4.69) is 5.32 Å². The minimum atomic E-state index is -4.26. The van der Waals surface area contributed by atoms with Crippen molar-refractivity contribution < 1.29 is 22.7 Å². The predicted octanol–water partition coefficient (Wildman–Crippen LogP) is 5.06. The average Bonchev–Trinajstić information content (AvgIpc) is 2.93. The first-order valence-electron chi connectivity index (χ1n) is 12.2. The summed E-state index contributed by atoms with van der Waals surface area (Å²) in [6.07, 6.45) is 0.304. The summed E-state index contributed by atoms with van der Waals surface area (Å²) in [5.41, 5.74) is 1.63. The highest BCUT2D eigenvalue weighted by atomic mass is 35.5. The van der Waals surface area contributed by atoms with E-state index < -0.39 is 28.5 Å². The van der Waals surface area contributed by atoms with Gasteiger partial charge in [-0.2, -0.15) is 0 Å².